The van der Waals surface area contributed by atoms with Gasteiger partial charge in [-0.05, 0) is 45.7 Å². The number of benzene rings is 1. The molecule has 0 amide bonds. The second-order valence-corrected chi connectivity index (χ2v) is 5.74. The Hall–Kier alpha value is -1.61. The fraction of sp³-hybridized carbons (Fsp3) is 0.471. The van der Waals surface area contributed by atoms with Crippen LogP contribution in [0.4, 0.5) is 0 Å². The summed E-state index contributed by atoms with van der Waals surface area (Å²) in [6.45, 7) is 11.6. The maximum Gasteiger partial charge on any atom is 0.0644 e. The van der Waals surface area contributed by atoms with E-state index in [0.29, 0.717) is 6.04 Å². The van der Waals surface area contributed by atoms with Crippen LogP contribution in [0.15, 0.2) is 18.2 Å². The van der Waals surface area contributed by atoms with Crippen LogP contribution >= 0.6 is 0 Å². The first kappa shape index (κ1) is 14.8. The molecule has 1 aromatic heterocycles. The summed E-state index contributed by atoms with van der Waals surface area (Å²) in [5.74, 6) is 0. The zero-order valence-corrected chi connectivity index (χ0v) is 13.4. The zero-order chi connectivity index (χ0) is 14.9. The van der Waals surface area contributed by atoms with Crippen molar-refractivity contribution in [3.8, 4) is 0 Å². The Morgan fingerprint density at radius 3 is 2.45 bits per heavy atom. The molecule has 0 saturated heterocycles. The Labute approximate surface area is 122 Å². The molecule has 2 aromatic rings. The van der Waals surface area contributed by atoms with Gasteiger partial charge in [-0.1, -0.05) is 23.8 Å². The molecule has 0 aliphatic rings. The molecule has 0 bridgehead atoms. The number of aromatic nitrogens is 2. The van der Waals surface area contributed by atoms with Gasteiger partial charge >= 0.3 is 0 Å². The van der Waals surface area contributed by atoms with Crippen molar-refractivity contribution >= 4 is 0 Å². The molecule has 1 aromatic carbocycles. The highest BCUT2D eigenvalue weighted by atomic mass is 15.3. The minimum absolute atomic E-state index is 0.310. The summed E-state index contributed by atoms with van der Waals surface area (Å²) in [5, 5.41) is 8.11. The molecule has 108 valence electrons. The van der Waals surface area contributed by atoms with Crippen molar-refractivity contribution in [1.82, 2.24) is 15.1 Å². The van der Waals surface area contributed by atoms with Crippen molar-refractivity contribution in [2.75, 3.05) is 0 Å². The standard InChI is InChI=1S/C17H25N3/c1-11-7-8-16(12(2)9-11)10-18-13(3)17-14(4)19-20(6)15(17)5/h7-9,13,18H,10H2,1-6H3. The fourth-order valence-electron chi connectivity index (χ4n) is 2.83. The maximum absolute atomic E-state index is 4.49. The molecule has 3 nitrogen and oxygen atoms in total. The first-order valence-electron chi connectivity index (χ1n) is 7.19. The lowest BCUT2D eigenvalue weighted by molar-refractivity contribution is 0.567. The lowest BCUT2D eigenvalue weighted by Gasteiger charge is -2.16. The van der Waals surface area contributed by atoms with Gasteiger partial charge in [-0.3, -0.25) is 4.68 Å². The van der Waals surface area contributed by atoms with Gasteiger partial charge < -0.3 is 5.32 Å². The summed E-state index contributed by atoms with van der Waals surface area (Å²) in [5.41, 5.74) is 7.70. The minimum Gasteiger partial charge on any atom is -0.306 e. The normalized spacial score (nSPS) is 12.7. The van der Waals surface area contributed by atoms with E-state index in [-0.39, 0.29) is 0 Å². The quantitative estimate of drug-likeness (QED) is 0.922. The summed E-state index contributed by atoms with van der Waals surface area (Å²) in [6.07, 6.45) is 0. The second kappa shape index (κ2) is 5.80. The first-order valence-corrected chi connectivity index (χ1v) is 7.19. The van der Waals surface area contributed by atoms with E-state index in [4.69, 9.17) is 0 Å². The van der Waals surface area contributed by atoms with Crippen molar-refractivity contribution in [1.29, 1.82) is 0 Å². The van der Waals surface area contributed by atoms with Crippen molar-refractivity contribution in [3.63, 3.8) is 0 Å². The van der Waals surface area contributed by atoms with Crippen LogP contribution in [0.25, 0.3) is 0 Å². The van der Waals surface area contributed by atoms with E-state index in [1.165, 1.54) is 27.9 Å². The van der Waals surface area contributed by atoms with Gasteiger partial charge in [0.25, 0.3) is 0 Å². The third-order valence-corrected chi connectivity index (χ3v) is 4.09. The van der Waals surface area contributed by atoms with E-state index < -0.39 is 0 Å². The Morgan fingerprint density at radius 2 is 1.90 bits per heavy atom. The van der Waals surface area contributed by atoms with E-state index >= 15 is 0 Å². The van der Waals surface area contributed by atoms with Crippen molar-refractivity contribution in [2.45, 2.75) is 47.2 Å². The highest BCUT2D eigenvalue weighted by Gasteiger charge is 2.15. The predicted molar refractivity (Wildman–Crippen MR) is 83.9 cm³/mol. The monoisotopic (exact) mass is 271 g/mol. The molecule has 0 radical (unpaired) electrons. The number of rotatable bonds is 4. The van der Waals surface area contributed by atoms with Crippen LogP contribution in [-0.4, -0.2) is 9.78 Å². The summed E-state index contributed by atoms with van der Waals surface area (Å²) >= 11 is 0. The first-order chi connectivity index (χ1) is 9.40. The van der Waals surface area contributed by atoms with E-state index in [1.807, 2.05) is 11.7 Å². The highest BCUT2D eigenvalue weighted by Crippen LogP contribution is 2.21. The molecular weight excluding hydrogens is 246 g/mol. The number of hydrogen-bond donors (Lipinski definition) is 1. The van der Waals surface area contributed by atoms with Crippen LogP contribution in [0.5, 0.6) is 0 Å². The van der Waals surface area contributed by atoms with Gasteiger partial charge in [0.15, 0.2) is 0 Å². The maximum atomic E-state index is 4.49. The molecule has 1 atom stereocenters. The zero-order valence-electron chi connectivity index (χ0n) is 13.4. The Morgan fingerprint density at radius 1 is 1.20 bits per heavy atom. The molecule has 0 fully saturated rings. The Balaban J connectivity index is 2.10. The summed E-state index contributed by atoms with van der Waals surface area (Å²) in [7, 11) is 2.00. The van der Waals surface area contributed by atoms with Gasteiger partial charge in [-0.15, -0.1) is 0 Å². The van der Waals surface area contributed by atoms with Crippen LogP contribution in [-0.2, 0) is 13.6 Å². The van der Waals surface area contributed by atoms with Gasteiger partial charge in [0.05, 0.1) is 5.69 Å². The predicted octanol–water partition coefficient (Wildman–Crippen LogP) is 3.50. The lowest BCUT2D eigenvalue weighted by Crippen LogP contribution is -2.19. The van der Waals surface area contributed by atoms with Crippen LogP contribution < -0.4 is 5.32 Å². The molecule has 1 heterocycles. The average Bonchev–Trinajstić information content (AvgIpc) is 2.62. The van der Waals surface area contributed by atoms with E-state index in [0.717, 1.165) is 12.2 Å². The SMILES string of the molecule is Cc1ccc(CNC(C)c2c(C)nn(C)c2C)c(C)c1. The van der Waals surface area contributed by atoms with E-state index in [1.54, 1.807) is 0 Å². The van der Waals surface area contributed by atoms with Crippen molar-refractivity contribution in [2.24, 2.45) is 7.05 Å². The molecule has 0 aliphatic heterocycles. The molecule has 0 aliphatic carbocycles. The van der Waals surface area contributed by atoms with Crippen LogP contribution in [0.2, 0.25) is 0 Å². The van der Waals surface area contributed by atoms with Gasteiger partial charge in [-0.25, -0.2) is 0 Å². The van der Waals surface area contributed by atoms with Crippen molar-refractivity contribution < 1.29 is 0 Å². The molecule has 0 spiro atoms. The summed E-state index contributed by atoms with van der Waals surface area (Å²) in [6, 6.07) is 6.94. The molecular formula is C17H25N3. The summed E-state index contributed by atoms with van der Waals surface area (Å²) < 4.78 is 1.96. The molecule has 3 heteroatoms. The van der Waals surface area contributed by atoms with Crippen LogP contribution in [0.1, 0.15) is 46.6 Å². The summed E-state index contributed by atoms with van der Waals surface area (Å²) in [4.78, 5) is 0. The molecule has 1 N–H and O–H groups in total. The molecule has 20 heavy (non-hydrogen) atoms. The number of aryl methyl sites for hydroxylation is 4. The number of nitrogens with one attached hydrogen (secondary N) is 1. The highest BCUT2D eigenvalue weighted by molar-refractivity contribution is 5.31. The Bertz CT molecular complexity index is 611. The van der Waals surface area contributed by atoms with Gasteiger partial charge in [0.2, 0.25) is 0 Å². The van der Waals surface area contributed by atoms with Gasteiger partial charge in [0.1, 0.15) is 0 Å². The van der Waals surface area contributed by atoms with Crippen LogP contribution in [0, 0.1) is 27.7 Å². The fourth-order valence-corrected chi connectivity index (χ4v) is 2.83. The third kappa shape index (κ3) is 2.93. The molecule has 0 saturated carbocycles. The average molecular weight is 271 g/mol. The van der Waals surface area contributed by atoms with Gasteiger partial charge in [-0.2, -0.15) is 5.10 Å². The number of hydrogen-bond acceptors (Lipinski definition) is 2. The van der Waals surface area contributed by atoms with E-state index in [9.17, 15) is 0 Å². The van der Waals surface area contributed by atoms with E-state index in [2.05, 4.69) is 63.2 Å². The topological polar surface area (TPSA) is 29.9 Å². The van der Waals surface area contributed by atoms with Crippen LogP contribution in [0.3, 0.4) is 0 Å². The lowest BCUT2D eigenvalue weighted by atomic mass is 10.0. The van der Waals surface area contributed by atoms with Crippen molar-refractivity contribution in [3.05, 3.63) is 51.8 Å². The second-order valence-electron chi connectivity index (χ2n) is 5.74. The van der Waals surface area contributed by atoms with Gasteiger partial charge in [0, 0.05) is 30.9 Å². The Kier molecular flexibility index (Phi) is 4.29. The third-order valence-electron chi connectivity index (χ3n) is 4.09. The molecule has 1 unspecified atom stereocenters. The largest absolute Gasteiger partial charge is 0.306 e. The smallest absolute Gasteiger partial charge is 0.0644 e. The minimum atomic E-state index is 0.310. The number of nitrogens with zero attached hydrogens (tertiary/aromatic N) is 2. The molecule has 2 rings (SSSR count).